The molecule has 0 bridgehead atoms. The molecule has 0 saturated carbocycles. The van der Waals surface area contributed by atoms with Crippen molar-refractivity contribution < 1.29 is 25.8 Å². The van der Waals surface area contributed by atoms with Crippen LogP contribution in [0.25, 0.3) is 21.9 Å². The van der Waals surface area contributed by atoms with Gasteiger partial charge in [-0.05, 0) is 33.5 Å². The topological polar surface area (TPSA) is 43.4 Å². The van der Waals surface area contributed by atoms with Crippen molar-refractivity contribution in [1.29, 1.82) is 0 Å². The average Bonchev–Trinajstić information content (AvgIpc) is 2.83. The first-order chi connectivity index (χ1) is 12.5. The highest BCUT2D eigenvalue weighted by Gasteiger charge is 2.49. The summed E-state index contributed by atoms with van der Waals surface area (Å²) in [6.45, 7) is 3.93. The maximum atomic E-state index is 12.9. The predicted octanol–water partition coefficient (Wildman–Crippen LogP) is 5.37. The molecule has 3 aromatic carbocycles. The zero-order valence-corrected chi connectivity index (χ0v) is 15.3. The second-order valence-corrected chi connectivity index (χ2v) is 8.54. The minimum atomic E-state index is -5.78. The lowest BCUT2D eigenvalue weighted by molar-refractivity contribution is -0.0499. The fourth-order valence-electron chi connectivity index (χ4n) is 3.85. The maximum absolute atomic E-state index is 12.9. The second kappa shape index (κ2) is 5.48. The molecule has 0 atom stereocenters. The molecule has 0 N–H and O–H groups in total. The van der Waals surface area contributed by atoms with Gasteiger partial charge in [-0.15, -0.1) is 0 Å². The number of benzene rings is 3. The molecule has 0 aliphatic heterocycles. The van der Waals surface area contributed by atoms with Crippen LogP contribution in [0.5, 0.6) is 5.75 Å². The molecule has 0 amide bonds. The third-order valence-corrected chi connectivity index (χ3v) is 5.96. The number of rotatable bonds is 2. The summed E-state index contributed by atoms with van der Waals surface area (Å²) in [4.78, 5) is 0. The third-order valence-electron chi connectivity index (χ3n) is 4.99. The summed E-state index contributed by atoms with van der Waals surface area (Å²) in [6, 6.07) is 15.8. The van der Waals surface area contributed by atoms with Gasteiger partial charge in [-0.3, -0.25) is 0 Å². The molecule has 0 heterocycles. The van der Waals surface area contributed by atoms with Crippen molar-refractivity contribution in [3.63, 3.8) is 0 Å². The van der Waals surface area contributed by atoms with Crippen LogP contribution >= 0.6 is 0 Å². The zero-order chi connectivity index (χ0) is 19.6. The van der Waals surface area contributed by atoms with Gasteiger partial charge in [0.1, 0.15) is 0 Å². The molecule has 0 unspecified atom stereocenters. The van der Waals surface area contributed by atoms with Gasteiger partial charge in [-0.2, -0.15) is 21.6 Å². The van der Waals surface area contributed by atoms with E-state index < -0.39 is 21.0 Å². The molecule has 0 aromatic heterocycles. The predicted molar refractivity (Wildman–Crippen MR) is 97.1 cm³/mol. The third kappa shape index (κ3) is 2.52. The molecule has 7 heteroatoms. The van der Waals surface area contributed by atoms with Gasteiger partial charge < -0.3 is 4.18 Å². The van der Waals surface area contributed by atoms with E-state index in [1.54, 1.807) is 24.3 Å². The molecular formula is C20H15F3O3S. The molecule has 140 valence electrons. The highest BCUT2D eigenvalue weighted by atomic mass is 32.2. The molecular weight excluding hydrogens is 377 g/mol. The van der Waals surface area contributed by atoms with Crippen LogP contribution in [0.3, 0.4) is 0 Å². The van der Waals surface area contributed by atoms with Crippen molar-refractivity contribution in [3.05, 3.63) is 65.7 Å². The van der Waals surface area contributed by atoms with Crippen LogP contribution in [-0.4, -0.2) is 13.9 Å². The van der Waals surface area contributed by atoms with Gasteiger partial charge in [0.25, 0.3) is 0 Å². The molecule has 4 rings (SSSR count). The molecule has 1 aliphatic carbocycles. The van der Waals surface area contributed by atoms with Crippen LogP contribution in [0.4, 0.5) is 13.2 Å². The van der Waals surface area contributed by atoms with E-state index in [1.807, 2.05) is 38.1 Å². The van der Waals surface area contributed by atoms with Crippen LogP contribution < -0.4 is 4.18 Å². The fraction of sp³-hybridized carbons (Fsp3) is 0.200. The molecule has 1 aliphatic rings. The highest BCUT2D eigenvalue weighted by Crippen LogP contribution is 2.55. The van der Waals surface area contributed by atoms with Gasteiger partial charge in [0.15, 0.2) is 5.75 Å². The smallest absolute Gasteiger partial charge is 0.375 e. The van der Waals surface area contributed by atoms with Gasteiger partial charge in [-0.1, -0.05) is 62.4 Å². The Morgan fingerprint density at radius 2 is 1.59 bits per heavy atom. The van der Waals surface area contributed by atoms with Crippen molar-refractivity contribution in [2.45, 2.75) is 24.8 Å². The van der Waals surface area contributed by atoms with Crippen LogP contribution in [0.2, 0.25) is 0 Å². The van der Waals surface area contributed by atoms with E-state index in [0.29, 0.717) is 16.5 Å². The van der Waals surface area contributed by atoms with Gasteiger partial charge in [0.2, 0.25) is 0 Å². The van der Waals surface area contributed by atoms with Gasteiger partial charge in [0, 0.05) is 11.0 Å². The van der Waals surface area contributed by atoms with E-state index in [4.69, 9.17) is 0 Å². The van der Waals surface area contributed by atoms with Crippen molar-refractivity contribution >= 4 is 20.9 Å². The molecule has 3 nitrogen and oxygen atoms in total. The minimum Gasteiger partial charge on any atom is -0.375 e. The van der Waals surface area contributed by atoms with E-state index in [9.17, 15) is 21.6 Å². The van der Waals surface area contributed by atoms with Gasteiger partial charge in [0.05, 0.1) is 0 Å². The first-order valence-electron chi connectivity index (χ1n) is 8.21. The van der Waals surface area contributed by atoms with E-state index >= 15 is 0 Å². The lowest BCUT2D eigenvalue weighted by atomic mass is 9.80. The molecule has 3 aromatic rings. The van der Waals surface area contributed by atoms with E-state index in [-0.39, 0.29) is 5.75 Å². The highest BCUT2D eigenvalue weighted by molar-refractivity contribution is 7.88. The summed E-state index contributed by atoms with van der Waals surface area (Å²) in [7, 11) is -5.78. The summed E-state index contributed by atoms with van der Waals surface area (Å²) in [5.41, 5.74) is -3.29. The van der Waals surface area contributed by atoms with Crippen molar-refractivity contribution in [3.8, 4) is 16.9 Å². The summed E-state index contributed by atoms with van der Waals surface area (Å²) in [5.74, 6) is -0.306. The van der Waals surface area contributed by atoms with Gasteiger partial charge in [-0.25, -0.2) is 0 Å². The van der Waals surface area contributed by atoms with E-state index in [0.717, 1.165) is 16.5 Å². The maximum Gasteiger partial charge on any atom is 0.534 e. The Morgan fingerprint density at radius 3 is 2.30 bits per heavy atom. The van der Waals surface area contributed by atoms with E-state index in [2.05, 4.69) is 4.18 Å². The minimum absolute atomic E-state index is 0.306. The number of hydrogen-bond acceptors (Lipinski definition) is 3. The molecule has 0 radical (unpaired) electrons. The first-order valence-corrected chi connectivity index (χ1v) is 9.62. The Labute approximate surface area is 154 Å². The van der Waals surface area contributed by atoms with Gasteiger partial charge >= 0.3 is 15.6 Å². The Kier molecular flexibility index (Phi) is 3.63. The zero-order valence-electron chi connectivity index (χ0n) is 14.5. The molecule has 0 spiro atoms. The largest absolute Gasteiger partial charge is 0.534 e. The number of halogens is 3. The number of hydrogen-bond donors (Lipinski definition) is 0. The van der Waals surface area contributed by atoms with Crippen molar-refractivity contribution in [2.75, 3.05) is 0 Å². The van der Waals surface area contributed by atoms with Crippen LogP contribution in [0, 0.1) is 0 Å². The molecule has 0 saturated heterocycles. The summed E-state index contributed by atoms with van der Waals surface area (Å²) < 4.78 is 66.7. The Bertz CT molecular complexity index is 1180. The fourth-order valence-corrected chi connectivity index (χ4v) is 4.31. The Morgan fingerprint density at radius 1 is 0.963 bits per heavy atom. The standard InChI is InChI=1S/C20H15F3O3S/c1-19(2)15-10-6-5-9-14(15)17-16(26-27(24,25)20(21,22)23)11-12-7-3-4-8-13(12)18(17)19/h3-11H,1-2H3. The average molecular weight is 392 g/mol. The Hall–Kier alpha value is -2.54. The number of alkyl halides is 3. The second-order valence-electron chi connectivity index (χ2n) is 7.00. The Balaban J connectivity index is 2.10. The van der Waals surface area contributed by atoms with Crippen LogP contribution in [-0.2, 0) is 15.5 Å². The summed E-state index contributed by atoms with van der Waals surface area (Å²) in [6.07, 6.45) is 0. The molecule has 0 fully saturated rings. The van der Waals surface area contributed by atoms with Crippen LogP contribution in [0.15, 0.2) is 54.6 Å². The SMILES string of the molecule is CC1(C)c2ccccc2-c2c(OS(=O)(=O)C(F)(F)F)cc3ccccc3c21. The summed E-state index contributed by atoms with van der Waals surface area (Å²) in [5, 5.41) is 1.47. The lowest BCUT2D eigenvalue weighted by Gasteiger charge is -2.23. The first kappa shape index (κ1) is 17.9. The quantitative estimate of drug-likeness (QED) is 0.435. The normalized spacial score (nSPS) is 15.4. The van der Waals surface area contributed by atoms with E-state index in [1.165, 1.54) is 6.07 Å². The monoisotopic (exact) mass is 392 g/mol. The number of fused-ring (bicyclic) bond motifs is 5. The van der Waals surface area contributed by atoms with Crippen molar-refractivity contribution in [2.24, 2.45) is 0 Å². The lowest BCUT2D eigenvalue weighted by Crippen LogP contribution is -2.28. The van der Waals surface area contributed by atoms with Crippen LogP contribution in [0.1, 0.15) is 25.0 Å². The molecule has 27 heavy (non-hydrogen) atoms. The van der Waals surface area contributed by atoms with Crippen molar-refractivity contribution in [1.82, 2.24) is 0 Å². The summed E-state index contributed by atoms with van der Waals surface area (Å²) >= 11 is 0.